The van der Waals surface area contributed by atoms with Crippen LogP contribution in [0.2, 0.25) is 0 Å². The maximum atomic E-state index is 12.5. The summed E-state index contributed by atoms with van der Waals surface area (Å²) in [6, 6.07) is 4.20. The van der Waals surface area contributed by atoms with Gasteiger partial charge in [0, 0.05) is 19.7 Å². The van der Waals surface area contributed by atoms with Crippen LogP contribution >= 0.6 is 0 Å². The van der Waals surface area contributed by atoms with Crippen molar-refractivity contribution in [2.75, 3.05) is 19.7 Å². The van der Waals surface area contributed by atoms with Crippen molar-refractivity contribution >= 4 is 16.0 Å². The summed E-state index contributed by atoms with van der Waals surface area (Å²) in [6.07, 6.45) is 0.338. The number of carbonyl (C=O) groups is 1. The molecule has 0 saturated heterocycles. The van der Waals surface area contributed by atoms with Crippen LogP contribution in [0.4, 0.5) is 0 Å². The second-order valence-electron chi connectivity index (χ2n) is 4.31. The Morgan fingerprint density at radius 1 is 1.35 bits per heavy atom. The third kappa shape index (κ3) is 3.36. The number of nitrogens with zero attached hydrogens (tertiary/aromatic N) is 1. The van der Waals surface area contributed by atoms with E-state index in [1.54, 1.807) is 6.92 Å². The standard InChI is InChI=1S/C13H19NO5S/c1-3-14(8-5-9-15)20(18,19)12-7-4-6-11(10(12)2)13(16)17/h4,6-7,15H,3,5,8-9H2,1-2H3,(H,16,17). The number of aliphatic hydroxyl groups excluding tert-OH is 1. The van der Waals surface area contributed by atoms with Gasteiger partial charge in [0.15, 0.2) is 0 Å². The molecule has 0 aliphatic rings. The van der Waals surface area contributed by atoms with Crippen LogP contribution in [0.3, 0.4) is 0 Å². The second kappa shape index (κ2) is 6.83. The van der Waals surface area contributed by atoms with Crippen LogP contribution in [0.1, 0.15) is 29.3 Å². The van der Waals surface area contributed by atoms with Crippen LogP contribution in [0, 0.1) is 6.92 Å². The summed E-state index contributed by atoms with van der Waals surface area (Å²) in [5.74, 6) is -1.15. The Morgan fingerprint density at radius 3 is 2.50 bits per heavy atom. The van der Waals surface area contributed by atoms with Crippen LogP contribution in [-0.2, 0) is 10.0 Å². The summed E-state index contributed by atoms with van der Waals surface area (Å²) >= 11 is 0. The molecule has 0 unspecified atom stereocenters. The average Bonchev–Trinajstić information content (AvgIpc) is 2.39. The zero-order chi connectivity index (χ0) is 15.3. The lowest BCUT2D eigenvalue weighted by atomic mass is 10.1. The van der Waals surface area contributed by atoms with Crippen LogP contribution in [0.15, 0.2) is 23.1 Å². The molecule has 0 radical (unpaired) electrons. The molecule has 7 heteroatoms. The van der Waals surface area contributed by atoms with Gasteiger partial charge in [-0.3, -0.25) is 0 Å². The van der Waals surface area contributed by atoms with Gasteiger partial charge in [0.25, 0.3) is 0 Å². The normalized spacial score (nSPS) is 11.8. The Hall–Kier alpha value is -1.44. The minimum Gasteiger partial charge on any atom is -0.478 e. The predicted octanol–water partition coefficient (Wildman–Crippen LogP) is 1.09. The van der Waals surface area contributed by atoms with E-state index >= 15 is 0 Å². The monoisotopic (exact) mass is 301 g/mol. The first-order valence-electron chi connectivity index (χ1n) is 6.30. The number of hydrogen-bond donors (Lipinski definition) is 2. The Labute approximate surface area is 118 Å². The third-order valence-corrected chi connectivity index (χ3v) is 5.17. The Balaban J connectivity index is 3.27. The van der Waals surface area contributed by atoms with Crippen LogP contribution in [-0.4, -0.2) is 48.6 Å². The number of sulfonamides is 1. The first kappa shape index (κ1) is 16.6. The number of aliphatic hydroxyl groups is 1. The van der Waals surface area contributed by atoms with E-state index in [9.17, 15) is 13.2 Å². The Morgan fingerprint density at radius 2 is 2.00 bits per heavy atom. The molecular weight excluding hydrogens is 282 g/mol. The molecule has 0 fully saturated rings. The van der Waals surface area contributed by atoms with Gasteiger partial charge in [-0.25, -0.2) is 13.2 Å². The van der Waals surface area contributed by atoms with E-state index in [0.717, 1.165) is 0 Å². The summed E-state index contributed by atoms with van der Waals surface area (Å²) in [6.45, 7) is 3.55. The van der Waals surface area contributed by atoms with Crippen molar-refractivity contribution in [1.29, 1.82) is 0 Å². The summed E-state index contributed by atoms with van der Waals surface area (Å²) in [4.78, 5) is 11.1. The zero-order valence-corrected chi connectivity index (χ0v) is 12.4. The van der Waals surface area contributed by atoms with E-state index < -0.39 is 16.0 Å². The first-order valence-corrected chi connectivity index (χ1v) is 7.74. The maximum Gasteiger partial charge on any atom is 0.335 e. The minimum absolute atomic E-state index is 0.00260. The van der Waals surface area contributed by atoms with Crippen molar-refractivity contribution < 1.29 is 23.4 Å². The molecule has 0 atom stereocenters. The number of carboxylic acid groups (broad SMARTS) is 1. The topological polar surface area (TPSA) is 94.9 Å². The van der Waals surface area contributed by atoms with Gasteiger partial charge in [0.2, 0.25) is 10.0 Å². The molecule has 6 nitrogen and oxygen atoms in total. The van der Waals surface area contributed by atoms with Gasteiger partial charge in [-0.2, -0.15) is 4.31 Å². The molecule has 0 aromatic heterocycles. The molecule has 1 aromatic carbocycles. The Bertz CT molecular complexity index is 582. The van der Waals surface area contributed by atoms with Crippen molar-refractivity contribution in [1.82, 2.24) is 4.31 Å². The average molecular weight is 301 g/mol. The number of aromatic carboxylic acids is 1. The van der Waals surface area contributed by atoms with Gasteiger partial charge in [0.05, 0.1) is 10.5 Å². The molecule has 1 aromatic rings. The minimum atomic E-state index is -3.75. The molecule has 20 heavy (non-hydrogen) atoms. The molecule has 0 saturated carbocycles. The molecule has 2 N–H and O–H groups in total. The predicted molar refractivity (Wildman–Crippen MR) is 74.3 cm³/mol. The number of carboxylic acids is 1. The fourth-order valence-corrected chi connectivity index (χ4v) is 3.69. The summed E-state index contributed by atoms with van der Waals surface area (Å²) in [5, 5.41) is 17.9. The summed E-state index contributed by atoms with van der Waals surface area (Å²) < 4.78 is 26.3. The molecular formula is C13H19NO5S. The lowest BCUT2D eigenvalue weighted by Crippen LogP contribution is -2.33. The summed E-state index contributed by atoms with van der Waals surface area (Å²) in [5.41, 5.74) is 0.201. The fourth-order valence-electron chi connectivity index (χ4n) is 1.96. The highest BCUT2D eigenvalue weighted by atomic mass is 32.2. The summed E-state index contributed by atoms with van der Waals surface area (Å²) in [7, 11) is -3.75. The van der Waals surface area contributed by atoms with Crippen molar-refractivity contribution in [3.63, 3.8) is 0 Å². The number of benzene rings is 1. The third-order valence-electron chi connectivity index (χ3n) is 3.05. The van der Waals surface area contributed by atoms with E-state index in [0.29, 0.717) is 6.42 Å². The lowest BCUT2D eigenvalue weighted by molar-refractivity contribution is 0.0696. The van der Waals surface area contributed by atoms with Crippen LogP contribution < -0.4 is 0 Å². The van der Waals surface area contributed by atoms with E-state index in [-0.39, 0.29) is 35.7 Å². The van der Waals surface area contributed by atoms with Crippen molar-refractivity contribution in [2.45, 2.75) is 25.2 Å². The highest BCUT2D eigenvalue weighted by molar-refractivity contribution is 7.89. The Kier molecular flexibility index (Phi) is 5.67. The molecule has 0 aliphatic carbocycles. The van der Waals surface area contributed by atoms with E-state index in [1.807, 2.05) is 0 Å². The fraction of sp³-hybridized carbons (Fsp3) is 0.462. The number of rotatable bonds is 7. The van der Waals surface area contributed by atoms with Crippen molar-refractivity contribution in [3.05, 3.63) is 29.3 Å². The van der Waals surface area contributed by atoms with Gasteiger partial charge in [-0.1, -0.05) is 13.0 Å². The van der Waals surface area contributed by atoms with Crippen LogP contribution in [0.25, 0.3) is 0 Å². The molecule has 0 aliphatic heterocycles. The quantitative estimate of drug-likeness (QED) is 0.786. The SMILES string of the molecule is CCN(CCCO)S(=O)(=O)c1cccc(C(=O)O)c1C. The number of hydrogen-bond acceptors (Lipinski definition) is 4. The van der Waals surface area contributed by atoms with Crippen molar-refractivity contribution in [2.24, 2.45) is 0 Å². The van der Waals surface area contributed by atoms with Crippen LogP contribution in [0.5, 0.6) is 0 Å². The smallest absolute Gasteiger partial charge is 0.335 e. The van der Waals surface area contributed by atoms with Gasteiger partial charge in [-0.15, -0.1) is 0 Å². The highest BCUT2D eigenvalue weighted by Gasteiger charge is 2.26. The largest absolute Gasteiger partial charge is 0.478 e. The van der Waals surface area contributed by atoms with E-state index in [4.69, 9.17) is 10.2 Å². The maximum absolute atomic E-state index is 12.5. The van der Waals surface area contributed by atoms with Gasteiger partial charge < -0.3 is 10.2 Å². The van der Waals surface area contributed by atoms with Crippen molar-refractivity contribution in [3.8, 4) is 0 Å². The molecule has 0 bridgehead atoms. The van der Waals surface area contributed by atoms with E-state index in [1.165, 1.54) is 29.4 Å². The molecule has 0 heterocycles. The van der Waals surface area contributed by atoms with E-state index in [2.05, 4.69) is 0 Å². The lowest BCUT2D eigenvalue weighted by Gasteiger charge is -2.21. The van der Waals surface area contributed by atoms with Gasteiger partial charge >= 0.3 is 5.97 Å². The molecule has 112 valence electrons. The zero-order valence-electron chi connectivity index (χ0n) is 11.5. The second-order valence-corrected chi connectivity index (χ2v) is 6.21. The highest BCUT2D eigenvalue weighted by Crippen LogP contribution is 2.22. The van der Waals surface area contributed by atoms with Gasteiger partial charge in [0.1, 0.15) is 0 Å². The molecule has 0 spiro atoms. The van der Waals surface area contributed by atoms with Gasteiger partial charge in [-0.05, 0) is 31.0 Å². The molecule has 0 amide bonds. The molecule has 1 rings (SSSR count). The first-order chi connectivity index (χ1) is 9.36.